The maximum atomic E-state index is 6.60. The summed E-state index contributed by atoms with van der Waals surface area (Å²) in [6.45, 7) is 0. The highest BCUT2D eigenvalue weighted by Crippen LogP contribution is 1.36. The van der Waals surface area contributed by atoms with Gasteiger partial charge in [-0.3, -0.25) is 0 Å². The van der Waals surface area contributed by atoms with E-state index in [1.54, 1.807) is 0 Å². The van der Waals surface area contributed by atoms with Crippen molar-refractivity contribution >= 4 is 40.9 Å². The van der Waals surface area contributed by atoms with Crippen LogP contribution in [0.25, 0.3) is 0 Å². The van der Waals surface area contributed by atoms with Gasteiger partial charge >= 0.3 is 0 Å². The maximum Gasteiger partial charge on any atom is 0.120 e. The Morgan fingerprint density at radius 1 is 1.50 bits per heavy atom. The standard InChI is InChI=1S/H2S4/c1-3-4-2/h3-4H/i3T,4T. The zero-order chi connectivity index (χ0) is 5.15. The van der Waals surface area contributed by atoms with Crippen LogP contribution in [-0.2, 0) is 40.9 Å². The number of thiol groups is 2. The predicted octanol–water partition coefficient (Wildman–Crippen LogP) is -0.545. The number of rotatable bonds is 1. The van der Waals surface area contributed by atoms with Crippen molar-refractivity contribution in [1.82, 2.24) is 0 Å². The van der Waals surface area contributed by atoms with Gasteiger partial charge in [-0.05, 0) is 22.4 Å². The lowest BCUT2D eigenvalue weighted by atomic mass is 30.7. The monoisotopic (exact) mass is 134 g/mol. The largest absolute Gasteiger partial charge is 0.120 e. The van der Waals surface area contributed by atoms with Crippen LogP contribution in [0.1, 0.15) is 0 Å². The average molecular weight is 134 g/mol. The highest BCUT2D eigenvalue weighted by Gasteiger charge is 1.30. The Morgan fingerprint density at radius 2 is 1.75 bits per heavy atom. The van der Waals surface area contributed by atoms with Crippen LogP contribution >= 0.6 is 0 Å². The lowest BCUT2D eigenvalue weighted by molar-refractivity contribution is 6.00. The summed E-state index contributed by atoms with van der Waals surface area (Å²) in [5.74, 6) is 0. The molecule has 0 saturated carbocycles. The van der Waals surface area contributed by atoms with Gasteiger partial charge < -0.3 is 0 Å². The van der Waals surface area contributed by atoms with Gasteiger partial charge in [0.1, 0.15) is 2.25 Å². The molecule has 0 heterocycles. The molecule has 0 aliphatic rings. The molecule has 0 aromatic heterocycles. The van der Waals surface area contributed by atoms with Crippen LogP contribution < -0.4 is 0 Å². The molecule has 2 unspecified atom stereocenters. The van der Waals surface area contributed by atoms with Crippen molar-refractivity contribution in [2.24, 2.45) is 0 Å². The molecule has 0 bridgehead atoms. The third-order valence-corrected chi connectivity index (χ3v) is 2.25. The van der Waals surface area contributed by atoms with Gasteiger partial charge in [-0.25, -0.2) is 0 Å². The molecule has 0 aromatic carbocycles. The molecule has 0 fully saturated rings. The quantitative estimate of drug-likeness (QED) is 0.365. The summed E-state index contributed by atoms with van der Waals surface area (Å²) in [4.78, 5) is 0. The van der Waals surface area contributed by atoms with Crippen molar-refractivity contribution in [2.75, 3.05) is 0 Å². The molecule has 0 aliphatic heterocycles. The fourth-order valence-electron chi connectivity index (χ4n) is 0. The van der Waals surface area contributed by atoms with Gasteiger partial charge in [-0.15, -0.1) is 0 Å². The first-order valence-electron chi connectivity index (χ1n) is 1.32. The van der Waals surface area contributed by atoms with Crippen molar-refractivity contribution in [3.8, 4) is 0 Å². The zero-order valence-corrected chi connectivity index (χ0v) is 4.90. The van der Waals surface area contributed by atoms with Crippen LogP contribution in [0.4, 0.5) is 0 Å². The highest BCUT2D eigenvalue weighted by atomic mass is 33.4. The van der Waals surface area contributed by atoms with E-state index in [1.165, 1.54) is 0 Å². The molecule has 0 aromatic rings. The SMILES string of the molecule is [3H]S(=S)S([3H])=S. The van der Waals surface area contributed by atoms with Crippen LogP contribution in [0.5, 0.6) is 0 Å². The molecule has 0 aliphatic carbocycles. The Kier molecular flexibility index (Phi) is 2.42. The molecule has 0 nitrogen and oxygen atoms in total. The molecule has 4 heteroatoms. The fourth-order valence-corrected chi connectivity index (χ4v) is 0. The first-order chi connectivity index (χ1) is 2.64. The smallest absolute Gasteiger partial charge is 0.0763 e. The van der Waals surface area contributed by atoms with Gasteiger partial charge in [0.2, 0.25) is 0 Å². The lowest BCUT2D eigenvalue weighted by Gasteiger charge is -1.43. The summed E-state index contributed by atoms with van der Waals surface area (Å²) in [6.07, 6.45) is 0. The molecule has 0 N–H and O–H groups in total. The van der Waals surface area contributed by atoms with Crippen molar-refractivity contribution in [3.05, 3.63) is 0 Å². The summed E-state index contributed by atoms with van der Waals surface area (Å²) in [7, 11) is -2.05. The summed E-state index contributed by atoms with van der Waals surface area (Å²) in [5.41, 5.74) is 0. The van der Waals surface area contributed by atoms with E-state index in [0.29, 0.717) is 0 Å². The zero-order valence-electron chi connectivity index (χ0n) is 3.63. The maximum absolute atomic E-state index is 6.60. The predicted molar refractivity (Wildman–Crippen MR) is 32.2 cm³/mol. The van der Waals surface area contributed by atoms with E-state index in [1.807, 2.05) is 0 Å². The molecule has 4 heavy (non-hydrogen) atoms. The third kappa shape index (κ3) is 3.14. The van der Waals surface area contributed by atoms with Gasteiger partial charge in [0.25, 0.3) is 0 Å². The molecular formula is H2S4. The second-order valence-corrected chi connectivity index (χ2v) is 3.67. The van der Waals surface area contributed by atoms with E-state index >= 15 is 0 Å². The number of hydrogen-bond donors (Lipinski definition) is 2. The van der Waals surface area contributed by atoms with E-state index in [4.69, 9.17) is 2.25 Å². The second kappa shape index (κ2) is 4.14. The van der Waals surface area contributed by atoms with Crippen LogP contribution in [0.15, 0.2) is 0 Å². The lowest BCUT2D eigenvalue weighted by Crippen LogP contribution is -1.37. The molecule has 0 amide bonds. The Bertz CT molecular complexity index is 71.5. The average Bonchev–Trinajstić information content (AvgIpc) is 1.36. The summed E-state index contributed by atoms with van der Waals surface area (Å²) in [6, 6.07) is 0. The molecule has 0 spiro atoms. The van der Waals surface area contributed by atoms with E-state index in [2.05, 4.69) is 22.4 Å². The minimum Gasteiger partial charge on any atom is -0.0763 e. The first-order valence-corrected chi connectivity index (χ1v) is 4.50. The highest BCUT2D eigenvalue weighted by molar-refractivity contribution is 8.73. The van der Waals surface area contributed by atoms with Gasteiger partial charge in [0, 0.05) is 0 Å². The van der Waals surface area contributed by atoms with Crippen molar-refractivity contribution in [3.63, 3.8) is 0 Å². The van der Waals surface area contributed by atoms with Crippen LogP contribution in [-0.4, -0.2) is 2.25 Å². The molecule has 26 valence electrons. The molecule has 0 radical (unpaired) electrons. The molecular weight excluding hydrogens is 128 g/mol. The second-order valence-electron chi connectivity index (χ2n) is 0.136. The minimum atomic E-state index is -1.02. The van der Waals surface area contributed by atoms with Crippen LogP contribution in [0, 0.1) is 0 Å². The summed E-state index contributed by atoms with van der Waals surface area (Å²) in [5, 5.41) is 0. The van der Waals surface area contributed by atoms with Crippen molar-refractivity contribution in [1.29, 1.82) is 2.25 Å². The number of hydrogen-bond acceptors (Lipinski definition) is 2. The van der Waals surface area contributed by atoms with E-state index in [0.717, 1.165) is 0 Å². The normalized spacial score (nSPS) is 30.0. The Hall–Kier alpha value is 1.14. The molecule has 0 rings (SSSR count). The van der Waals surface area contributed by atoms with Crippen LogP contribution in [0.3, 0.4) is 0 Å². The molecule has 2 atom stereocenters. The summed E-state index contributed by atoms with van der Waals surface area (Å²) >= 11 is 8.64. The molecule has 0 saturated heterocycles. The van der Waals surface area contributed by atoms with Crippen LogP contribution in [0.2, 0.25) is 0 Å². The van der Waals surface area contributed by atoms with Gasteiger partial charge in [0.15, 0.2) is 0 Å². The van der Waals surface area contributed by atoms with Gasteiger partial charge in [-0.1, -0.05) is 18.5 Å². The van der Waals surface area contributed by atoms with Crippen molar-refractivity contribution < 1.29 is 0 Å². The Labute approximate surface area is 43.4 Å². The van der Waals surface area contributed by atoms with E-state index < -0.39 is 18.5 Å². The van der Waals surface area contributed by atoms with Crippen molar-refractivity contribution in [2.45, 2.75) is 0 Å². The van der Waals surface area contributed by atoms with Gasteiger partial charge in [0.05, 0.1) is 0 Å². The fraction of sp³-hybridized carbons (Fsp3) is 0. The van der Waals surface area contributed by atoms with E-state index in [-0.39, 0.29) is 0 Å². The van der Waals surface area contributed by atoms with Gasteiger partial charge in [-0.2, -0.15) is 0 Å². The topological polar surface area (TPSA) is 0 Å². The summed E-state index contributed by atoms with van der Waals surface area (Å²) < 4.78 is 13.2. The van der Waals surface area contributed by atoms with E-state index in [9.17, 15) is 0 Å². The third-order valence-electron chi connectivity index (χ3n) is 0.0278. The minimum absolute atomic E-state index is 1.02. The Balaban J connectivity index is 3.57. The first kappa shape index (κ1) is 2.34. The Morgan fingerprint density at radius 3 is 1.75 bits per heavy atom.